The SMILES string of the molecule is Cl.Fc1ccc(N2CCNC3(CC3)C2)cc1. The van der Waals surface area contributed by atoms with Crippen molar-refractivity contribution < 1.29 is 4.39 Å². The van der Waals surface area contributed by atoms with Crippen molar-refractivity contribution in [2.45, 2.75) is 18.4 Å². The van der Waals surface area contributed by atoms with Crippen LogP contribution < -0.4 is 10.2 Å². The monoisotopic (exact) mass is 242 g/mol. The molecule has 0 aromatic heterocycles. The predicted molar refractivity (Wildman–Crippen MR) is 65.8 cm³/mol. The zero-order valence-electron chi connectivity index (χ0n) is 9.08. The van der Waals surface area contributed by atoms with Crippen LogP contribution in [0.25, 0.3) is 0 Å². The fraction of sp³-hybridized carbons (Fsp3) is 0.500. The molecule has 16 heavy (non-hydrogen) atoms. The maximum absolute atomic E-state index is 12.8. The average Bonchev–Trinajstić information content (AvgIpc) is 2.99. The van der Waals surface area contributed by atoms with E-state index in [4.69, 9.17) is 0 Å². The van der Waals surface area contributed by atoms with Gasteiger partial charge < -0.3 is 10.2 Å². The lowest BCUT2D eigenvalue weighted by molar-refractivity contribution is 0.442. The van der Waals surface area contributed by atoms with Gasteiger partial charge in [-0.05, 0) is 37.1 Å². The molecule has 1 aromatic rings. The Balaban J connectivity index is 0.000000963. The van der Waals surface area contributed by atoms with Crippen molar-refractivity contribution in [3.63, 3.8) is 0 Å². The summed E-state index contributed by atoms with van der Waals surface area (Å²) in [6, 6.07) is 6.82. The van der Waals surface area contributed by atoms with Gasteiger partial charge in [0.1, 0.15) is 5.82 Å². The summed E-state index contributed by atoms with van der Waals surface area (Å²) >= 11 is 0. The maximum Gasteiger partial charge on any atom is 0.123 e. The summed E-state index contributed by atoms with van der Waals surface area (Å²) in [5.41, 5.74) is 1.52. The molecule has 2 nitrogen and oxygen atoms in total. The van der Waals surface area contributed by atoms with Crippen LogP contribution in [0.3, 0.4) is 0 Å². The van der Waals surface area contributed by atoms with Gasteiger partial charge in [-0.1, -0.05) is 0 Å². The quantitative estimate of drug-likeness (QED) is 0.812. The average molecular weight is 243 g/mol. The van der Waals surface area contributed by atoms with Gasteiger partial charge in [-0.25, -0.2) is 4.39 Å². The standard InChI is InChI=1S/C12H15FN2.ClH/c13-10-1-3-11(4-2-10)15-8-7-14-12(9-15)5-6-12;/h1-4,14H,5-9H2;1H. The minimum Gasteiger partial charge on any atom is -0.368 e. The third kappa shape index (κ3) is 2.15. The number of nitrogens with one attached hydrogen (secondary N) is 1. The Hall–Kier alpha value is -0.800. The van der Waals surface area contributed by atoms with E-state index in [0.29, 0.717) is 5.54 Å². The van der Waals surface area contributed by atoms with Crippen LogP contribution in [0.4, 0.5) is 10.1 Å². The highest BCUT2D eigenvalue weighted by molar-refractivity contribution is 5.85. The Morgan fingerprint density at radius 2 is 1.88 bits per heavy atom. The van der Waals surface area contributed by atoms with E-state index < -0.39 is 0 Å². The van der Waals surface area contributed by atoms with Crippen LogP contribution in [0.15, 0.2) is 24.3 Å². The number of hydrogen-bond acceptors (Lipinski definition) is 2. The summed E-state index contributed by atoms with van der Waals surface area (Å²) < 4.78 is 12.8. The van der Waals surface area contributed by atoms with E-state index in [1.54, 1.807) is 0 Å². The minimum atomic E-state index is -0.157. The van der Waals surface area contributed by atoms with Crippen LogP contribution >= 0.6 is 12.4 Å². The summed E-state index contributed by atoms with van der Waals surface area (Å²) in [5.74, 6) is -0.157. The molecule has 3 rings (SSSR count). The smallest absolute Gasteiger partial charge is 0.123 e. The van der Waals surface area contributed by atoms with E-state index in [-0.39, 0.29) is 18.2 Å². The van der Waals surface area contributed by atoms with E-state index in [9.17, 15) is 4.39 Å². The molecule has 1 N–H and O–H groups in total. The molecule has 0 radical (unpaired) electrons. The highest BCUT2D eigenvalue weighted by Gasteiger charge is 2.45. The Morgan fingerprint density at radius 1 is 1.19 bits per heavy atom. The highest BCUT2D eigenvalue weighted by atomic mass is 35.5. The molecule has 0 bridgehead atoms. The predicted octanol–water partition coefficient (Wildman–Crippen LogP) is 2.19. The van der Waals surface area contributed by atoms with E-state index in [2.05, 4.69) is 10.2 Å². The van der Waals surface area contributed by atoms with Crippen LogP contribution in [0.1, 0.15) is 12.8 Å². The van der Waals surface area contributed by atoms with Crippen molar-refractivity contribution in [3.8, 4) is 0 Å². The van der Waals surface area contributed by atoms with Crippen LogP contribution in [-0.2, 0) is 0 Å². The summed E-state index contributed by atoms with van der Waals surface area (Å²) in [5, 5.41) is 3.56. The Morgan fingerprint density at radius 3 is 2.50 bits per heavy atom. The summed E-state index contributed by atoms with van der Waals surface area (Å²) in [6.07, 6.45) is 2.56. The number of nitrogens with zero attached hydrogens (tertiary/aromatic N) is 1. The van der Waals surface area contributed by atoms with Crippen molar-refractivity contribution in [3.05, 3.63) is 30.1 Å². The van der Waals surface area contributed by atoms with E-state index in [1.807, 2.05) is 12.1 Å². The first-order valence-corrected chi connectivity index (χ1v) is 5.53. The molecule has 0 atom stereocenters. The molecule has 1 aromatic carbocycles. The molecular formula is C12H16ClFN2. The van der Waals surface area contributed by atoms with Gasteiger partial charge in [0.15, 0.2) is 0 Å². The third-order valence-electron chi connectivity index (χ3n) is 3.42. The Labute approximate surface area is 101 Å². The molecule has 1 heterocycles. The van der Waals surface area contributed by atoms with Crippen molar-refractivity contribution in [2.24, 2.45) is 0 Å². The zero-order chi connectivity index (χ0) is 10.3. The summed E-state index contributed by atoms with van der Waals surface area (Å²) in [6.45, 7) is 3.13. The second-order valence-electron chi connectivity index (χ2n) is 4.61. The van der Waals surface area contributed by atoms with Gasteiger partial charge in [-0.3, -0.25) is 0 Å². The topological polar surface area (TPSA) is 15.3 Å². The number of benzene rings is 1. The molecule has 0 unspecified atom stereocenters. The van der Waals surface area contributed by atoms with Crippen LogP contribution in [-0.4, -0.2) is 25.2 Å². The first kappa shape index (κ1) is 11.7. The number of hydrogen-bond donors (Lipinski definition) is 1. The normalized spacial score (nSPS) is 21.7. The van der Waals surface area contributed by atoms with Crippen molar-refractivity contribution in [1.82, 2.24) is 5.32 Å². The van der Waals surface area contributed by atoms with Gasteiger partial charge in [-0.15, -0.1) is 12.4 Å². The Kier molecular flexibility index (Phi) is 3.08. The number of anilines is 1. The minimum absolute atomic E-state index is 0. The largest absolute Gasteiger partial charge is 0.368 e. The van der Waals surface area contributed by atoms with Crippen LogP contribution in [0.5, 0.6) is 0 Å². The number of halogens is 2. The van der Waals surface area contributed by atoms with Gasteiger partial charge in [0, 0.05) is 30.9 Å². The van der Waals surface area contributed by atoms with Crippen molar-refractivity contribution in [2.75, 3.05) is 24.5 Å². The molecule has 0 amide bonds. The molecule has 2 aliphatic rings. The van der Waals surface area contributed by atoms with E-state index in [0.717, 1.165) is 25.3 Å². The van der Waals surface area contributed by atoms with Crippen molar-refractivity contribution >= 4 is 18.1 Å². The number of piperazine rings is 1. The molecule has 1 saturated carbocycles. The van der Waals surface area contributed by atoms with Gasteiger partial charge in [0.2, 0.25) is 0 Å². The molecule has 1 spiro atoms. The maximum atomic E-state index is 12.8. The van der Waals surface area contributed by atoms with Gasteiger partial charge in [0.25, 0.3) is 0 Å². The Bertz CT molecular complexity index is 362. The molecule has 1 aliphatic carbocycles. The van der Waals surface area contributed by atoms with E-state index in [1.165, 1.54) is 25.0 Å². The van der Waals surface area contributed by atoms with E-state index >= 15 is 0 Å². The number of rotatable bonds is 1. The lowest BCUT2D eigenvalue weighted by atomic mass is 10.1. The molecule has 2 fully saturated rings. The lowest BCUT2D eigenvalue weighted by Gasteiger charge is -2.35. The molecule has 1 saturated heterocycles. The first-order chi connectivity index (χ1) is 7.27. The van der Waals surface area contributed by atoms with Crippen molar-refractivity contribution in [1.29, 1.82) is 0 Å². The molecular weight excluding hydrogens is 227 g/mol. The van der Waals surface area contributed by atoms with Gasteiger partial charge >= 0.3 is 0 Å². The molecule has 88 valence electrons. The van der Waals surface area contributed by atoms with Gasteiger partial charge in [0.05, 0.1) is 0 Å². The molecule has 1 aliphatic heterocycles. The summed E-state index contributed by atoms with van der Waals surface area (Å²) in [4.78, 5) is 2.35. The summed E-state index contributed by atoms with van der Waals surface area (Å²) in [7, 11) is 0. The second kappa shape index (κ2) is 4.22. The zero-order valence-corrected chi connectivity index (χ0v) is 9.89. The first-order valence-electron chi connectivity index (χ1n) is 5.53. The highest BCUT2D eigenvalue weighted by Crippen LogP contribution is 2.38. The fourth-order valence-electron chi connectivity index (χ4n) is 2.31. The van der Waals surface area contributed by atoms with Gasteiger partial charge in [-0.2, -0.15) is 0 Å². The van der Waals surface area contributed by atoms with Crippen LogP contribution in [0.2, 0.25) is 0 Å². The molecule has 4 heteroatoms. The lowest BCUT2D eigenvalue weighted by Crippen LogP contribution is -2.52. The third-order valence-corrected chi connectivity index (χ3v) is 3.42. The second-order valence-corrected chi connectivity index (χ2v) is 4.61. The fourth-order valence-corrected chi connectivity index (χ4v) is 2.31. The van der Waals surface area contributed by atoms with Crippen LogP contribution in [0, 0.1) is 5.82 Å².